The molecule has 0 radical (unpaired) electrons. The van der Waals surface area contributed by atoms with Crippen LogP contribution >= 0.6 is 0 Å². The maximum Gasteiger partial charge on any atom is 0.178 e. The summed E-state index contributed by atoms with van der Waals surface area (Å²) in [5, 5.41) is 11.9. The van der Waals surface area contributed by atoms with Gasteiger partial charge in [0.15, 0.2) is 5.60 Å². The number of hydrogen-bond donors (Lipinski definition) is 0. The lowest BCUT2D eigenvalue weighted by atomic mass is 9.76. The van der Waals surface area contributed by atoms with Crippen LogP contribution in [0.25, 0.3) is 28.0 Å². The second-order valence-electron chi connectivity index (χ2n) is 11.2. The highest BCUT2D eigenvalue weighted by Crippen LogP contribution is 2.58. The average molecular weight is 536 g/mol. The molecule has 1 aliphatic carbocycles. The van der Waals surface area contributed by atoms with Crippen LogP contribution in [0.15, 0.2) is 97.1 Å². The van der Waals surface area contributed by atoms with Crippen molar-refractivity contribution in [3.05, 3.63) is 130 Å². The first kappa shape index (κ1) is 25.0. The Kier molecular flexibility index (Phi) is 5.49. The first-order valence-electron chi connectivity index (χ1n) is 13.7. The summed E-state index contributed by atoms with van der Waals surface area (Å²) >= 11 is 0. The highest BCUT2D eigenvalue weighted by Gasteiger charge is 2.44. The lowest BCUT2D eigenvalue weighted by Crippen LogP contribution is -2.35. The van der Waals surface area contributed by atoms with Crippen molar-refractivity contribution in [1.29, 1.82) is 5.26 Å². The van der Waals surface area contributed by atoms with Gasteiger partial charge in [0.1, 0.15) is 17.2 Å². The van der Waals surface area contributed by atoms with Crippen molar-refractivity contribution in [3.63, 3.8) is 0 Å². The van der Waals surface area contributed by atoms with Gasteiger partial charge in [-0.1, -0.05) is 74.5 Å². The van der Waals surface area contributed by atoms with Crippen molar-refractivity contribution in [2.24, 2.45) is 0 Å². The zero-order chi connectivity index (χ0) is 28.4. The number of hydrogen-bond acceptors (Lipinski definition) is 4. The third-order valence-corrected chi connectivity index (χ3v) is 8.71. The molecule has 0 unspecified atom stereocenters. The van der Waals surface area contributed by atoms with Gasteiger partial charge < -0.3 is 14.2 Å². The van der Waals surface area contributed by atoms with E-state index in [9.17, 15) is 5.26 Å². The zero-order valence-electron chi connectivity index (χ0n) is 23.5. The number of nitrogens with zero attached hydrogens (tertiary/aromatic N) is 1. The highest BCUT2D eigenvalue weighted by atomic mass is 16.5. The third-order valence-electron chi connectivity index (χ3n) is 8.71. The summed E-state index contributed by atoms with van der Waals surface area (Å²) in [5.74, 6) is 2.44. The van der Waals surface area contributed by atoms with Crippen LogP contribution in [0.1, 0.15) is 47.2 Å². The van der Waals surface area contributed by atoms with E-state index in [0.29, 0.717) is 5.56 Å². The number of nitriles is 1. The zero-order valence-corrected chi connectivity index (χ0v) is 23.5. The number of rotatable bonds is 4. The molecule has 0 saturated carbocycles. The fourth-order valence-electron chi connectivity index (χ4n) is 6.66. The molecule has 0 N–H and O–H groups in total. The molecule has 5 aromatic carbocycles. The molecule has 4 nitrogen and oxygen atoms in total. The molecule has 4 heteroatoms. The van der Waals surface area contributed by atoms with Crippen molar-refractivity contribution in [3.8, 4) is 34.4 Å². The van der Waals surface area contributed by atoms with E-state index in [1.807, 2.05) is 36.4 Å². The average Bonchev–Trinajstić information content (AvgIpc) is 3.27. The van der Waals surface area contributed by atoms with Crippen molar-refractivity contribution < 1.29 is 14.2 Å². The summed E-state index contributed by atoms with van der Waals surface area (Å²) in [7, 11) is 3.35. The van der Waals surface area contributed by atoms with Gasteiger partial charge in [0.05, 0.1) is 25.9 Å². The van der Waals surface area contributed by atoms with Gasteiger partial charge in [0.25, 0.3) is 0 Å². The molecule has 0 spiro atoms. The summed E-state index contributed by atoms with van der Waals surface area (Å²) < 4.78 is 18.2. The number of methoxy groups -OCH3 is 2. The summed E-state index contributed by atoms with van der Waals surface area (Å²) in [6.07, 6.45) is 4.41. The minimum absolute atomic E-state index is 0.320. The molecule has 0 aromatic heterocycles. The van der Waals surface area contributed by atoms with Crippen LogP contribution in [0.4, 0.5) is 0 Å². The van der Waals surface area contributed by atoms with E-state index in [1.165, 1.54) is 22.3 Å². The maximum absolute atomic E-state index is 9.66. The van der Waals surface area contributed by atoms with Gasteiger partial charge >= 0.3 is 0 Å². The standard InChI is InChI=1S/C37H29NO3/c1-36(2)32-21-23(22-38)9-18-30(32)33-28-7-5-6-8-29(28)35-31(34(33)36)19-20-37(41-35,24-10-14-26(39-3)15-11-24)25-12-16-27(40-4)17-13-25/h5-21H,1-4H3. The molecular weight excluding hydrogens is 506 g/mol. The smallest absolute Gasteiger partial charge is 0.178 e. The second kappa shape index (κ2) is 9.01. The van der Waals surface area contributed by atoms with Crippen molar-refractivity contribution in [1.82, 2.24) is 0 Å². The van der Waals surface area contributed by atoms with Crippen molar-refractivity contribution in [2.45, 2.75) is 24.9 Å². The van der Waals surface area contributed by atoms with Crippen LogP contribution in [0, 0.1) is 11.3 Å². The Hall–Kier alpha value is -5.01. The first-order chi connectivity index (χ1) is 19.9. The predicted molar refractivity (Wildman–Crippen MR) is 163 cm³/mol. The van der Waals surface area contributed by atoms with E-state index in [0.717, 1.165) is 44.7 Å². The molecule has 1 heterocycles. The van der Waals surface area contributed by atoms with Crippen LogP contribution < -0.4 is 14.2 Å². The molecule has 5 aromatic rings. The topological polar surface area (TPSA) is 51.5 Å². The van der Waals surface area contributed by atoms with E-state index < -0.39 is 5.60 Å². The molecule has 200 valence electrons. The van der Waals surface area contributed by atoms with Gasteiger partial charge in [-0.3, -0.25) is 0 Å². The minimum atomic E-state index is -0.869. The van der Waals surface area contributed by atoms with E-state index >= 15 is 0 Å². The Morgan fingerprint density at radius 1 is 0.756 bits per heavy atom. The third kappa shape index (κ3) is 3.52. The molecular formula is C37H29NO3. The van der Waals surface area contributed by atoms with Crippen LogP contribution in [0.2, 0.25) is 0 Å². The molecule has 41 heavy (non-hydrogen) atoms. The summed E-state index contributed by atoms with van der Waals surface area (Å²) in [4.78, 5) is 0. The molecule has 0 atom stereocenters. The molecule has 2 aliphatic rings. The molecule has 7 rings (SSSR count). The quantitative estimate of drug-likeness (QED) is 0.232. The number of fused-ring (bicyclic) bond motifs is 8. The predicted octanol–water partition coefficient (Wildman–Crippen LogP) is 8.38. The number of ether oxygens (including phenoxy) is 3. The summed E-state index contributed by atoms with van der Waals surface area (Å²) in [5.41, 5.74) is 7.35. The molecule has 0 saturated heterocycles. The summed E-state index contributed by atoms with van der Waals surface area (Å²) in [6.45, 7) is 4.49. The Bertz CT molecular complexity index is 1860. The van der Waals surface area contributed by atoms with Gasteiger partial charge in [-0.15, -0.1) is 0 Å². The van der Waals surface area contributed by atoms with Crippen molar-refractivity contribution in [2.75, 3.05) is 14.2 Å². The van der Waals surface area contributed by atoms with E-state index in [2.05, 4.69) is 86.7 Å². The number of benzene rings is 5. The van der Waals surface area contributed by atoms with E-state index in [1.54, 1.807) is 14.2 Å². The Morgan fingerprint density at radius 3 is 1.95 bits per heavy atom. The van der Waals surface area contributed by atoms with E-state index in [-0.39, 0.29) is 5.41 Å². The molecule has 0 fully saturated rings. The second-order valence-corrected chi connectivity index (χ2v) is 11.2. The van der Waals surface area contributed by atoms with Crippen LogP contribution in [-0.2, 0) is 11.0 Å². The first-order valence-corrected chi connectivity index (χ1v) is 13.7. The van der Waals surface area contributed by atoms with Crippen LogP contribution in [0.5, 0.6) is 17.2 Å². The molecule has 0 bridgehead atoms. The van der Waals surface area contributed by atoms with Crippen molar-refractivity contribution >= 4 is 16.8 Å². The summed E-state index contributed by atoms with van der Waals surface area (Å²) in [6, 6.07) is 33.0. The minimum Gasteiger partial charge on any atom is -0.497 e. The largest absolute Gasteiger partial charge is 0.497 e. The Balaban J connectivity index is 1.52. The lowest BCUT2D eigenvalue weighted by molar-refractivity contribution is 0.163. The maximum atomic E-state index is 9.66. The molecule has 1 aliphatic heterocycles. The van der Waals surface area contributed by atoms with Gasteiger partial charge in [0.2, 0.25) is 0 Å². The van der Waals surface area contributed by atoms with Gasteiger partial charge in [-0.2, -0.15) is 5.26 Å². The monoisotopic (exact) mass is 535 g/mol. The Morgan fingerprint density at radius 2 is 1.37 bits per heavy atom. The van der Waals surface area contributed by atoms with E-state index in [4.69, 9.17) is 14.2 Å². The normalized spacial score (nSPS) is 15.3. The fraction of sp³-hybridized carbons (Fsp3) is 0.162. The molecule has 0 amide bonds. The SMILES string of the molecule is COc1ccc(C2(c3ccc(OC)cc3)C=Cc3c4c(c5ccccc5c3O2)-c2ccc(C#N)cc2C4(C)C)cc1. The highest BCUT2D eigenvalue weighted by molar-refractivity contribution is 6.08. The van der Waals surface area contributed by atoms with Gasteiger partial charge in [0, 0.05) is 27.5 Å². The Labute approximate surface area is 240 Å². The lowest BCUT2D eigenvalue weighted by Gasteiger charge is -2.38. The van der Waals surface area contributed by atoms with Crippen LogP contribution in [0.3, 0.4) is 0 Å². The fourth-order valence-corrected chi connectivity index (χ4v) is 6.66. The van der Waals surface area contributed by atoms with Gasteiger partial charge in [-0.25, -0.2) is 0 Å². The van der Waals surface area contributed by atoms with Gasteiger partial charge in [-0.05, 0) is 70.1 Å². The van der Waals surface area contributed by atoms with Crippen LogP contribution in [-0.4, -0.2) is 14.2 Å².